The zero-order valence-electron chi connectivity index (χ0n) is 8.53. The van der Waals surface area contributed by atoms with Crippen LogP contribution in [0.3, 0.4) is 0 Å². The van der Waals surface area contributed by atoms with Gasteiger partial charge in [-0.2, -0.15) is 5.26 Å². The fourth-order valence-corrected chi connectivity index (χ4v) is 1.02. The summed E-state index contributed by atoms with van der Waals surface area (Å²) in [6.07, 6.45) is 0. The van der Waals surface area contributed by atoms with Crippen LogP contribution in [-0.4, -0.2) is 32.1 Å². The number of hydrogen-bond acceptors (Lipinski definition) is 3. The quantitative estimate of drug-likeness (QED) is 0.721. The van der Waals surface area contributed by atoms with Crippen LogP contribution in [0.5, 0.6) is 5.75 Å². The molecular formula is C11H14N2O. The number of benzene rings is 1. The van der Waals surface area contributed by atoms with E-state index in [9.17, 15) is 0 Å². The first-order valence-corrected chi connectivity index (χ1v) is 4.50. The molecule has 0 atom stereocenters. The minimum atomic E-state index is 0.589. The molecule has 0 spiro atoms. The normalized spacial score (nSPS) is 9.86. The molecule has 0 fully saturated rings. The van der Waals surface area contributed by atoms with Gasteiger partial charge in [-0.1, -0.05) is 12.1 Å². The highest BCUT2D eigenvalue weighted by Crippen LogP contribution is 2.15. The van der Waals surface area contributed by atoms with Gasteiger partial charge in [-0.05, 0) is 26.2 Å². The third-order valence-electron chi connectivity index (χ3n) is 1.80. The summed E-state index contributed by atoms with van der Waals surface area (Å²) in [6, 6.07) is 9.36. The Balaban J connectivity index is 2.54. The number of nitriles is 1. The maximum Gasteiger partial charge on any atom is 0.137 e. The van der Waals surface area contributed by atoms with Gasteiger partial charge in [0.25, 0.3) is 0 Å². The lowest BCUT2D eigenvalue weighted by Gasteiger charge is -2.11. The van der Waals surface area contributed by atoms with Gasteiger partial charge in [-0.15, -0.1) is 0 Å². The molecule has 0 aromatic heterocycles. The Morgan fingerprint density at radius 3 is 2.71 bits per heavy atom. The molecule has 14 heavy (non-hydrogen) atoms. The van der Waals surface area contributed by atoms with Crippen molar-refractivity contribution in [2.75, 3.05) is 27.2 Å². The van der Waals surface area contributed by atoms with E-state index in [1.807, 2.05) is 37.2 Å². The maximum absolute atomic E-state index is 8.79. The molecular weight excluding hydrogens is 176 g/mol. The molecule has 0 heterocycles. The summed E-state index contributed by atoms with van der Waals surface area (Å²) < 4.78 is 5.47. The van der Waals surface area contributed by atoms with Crippen LogP contribution in [0, 0.1) is 11.3 Å². The number of hydrogen-bond donors (Lipinski definition) is 0. The van der Waals surface area contributed by atoms with Crippen LogP contribution < -0.4 is 4.74 Å². The summed E-state index contributed by atoms with van der Waals surface area (Å²) in [5.41, 5.74) is 0.589. The predicted octanol–water partition coefficient (Wildman–Crippen LogP) is 1.50. The number of nitrogens with zero attached hydrogens (tertiary/aromatic N) is 2. The molecule has 0 unspecified atom stereocenters. The highest BCUT2D eigenvalue weighted by Gasteiger charge is 2.00. The molecule has 1 aromatic carbocycles. The van der Waals surface area contributed by atoms with Gasteiger partial charge >= 0.3 is 0 Å². The molecule has 1 aromatic rings. The zero-order valence-corrected chi connectivity index (χ0v) is 8.53. The third kappa shape index (κ3) is 3.08. The first-order chi connectivity index (χ1) is 6.74. The Hall–Kier alpha value is -1.53. The second-order valence-electron chi connectivity index (χ2n) is 3.26. The molecule has 0 N–H and O–H groups in total. The lowest BCUT2D eigenvalue weighted by molar-refractivity contribution is 0.261. The van der Waals surface area contributed by atoms with Gasteiger partial charge in [0.15, 0.2) is 0 Å². The Morgan fingerprint density at radius 1 is 1.36 bits per heavy atom. The van der Waals surface area contributed by atoms with Crippen LogP contribution in [0.4, 0.5) is 0 Å². The molecule has 74 valence electrons. The highest BCUT2D eigenvalue weighted by atomic mass is 16.5. The van der Waals surface area contributed by atoms with Crippen LogP contribution in [0.15, 0.2) is 24.3 Å². The Morgan fingerprint density at radius 2 is 2.07 bits per heavy atom. The first kappa shape index (κ1) is 10.6. The summed E-state index contributed by atoms with van der Waals surface area (Å²) in [5, 5.41) is 8.79. The molecule has 0 saturated heterocycles. The zero-order chi connectivity index (χ0) is 10.4. The van der Waals surface area contributed by atoms with Gasteiger partial charge < -0.3 is 9.64 Å². The molecule has 0 bridgehead atoms. The van der Waals surface area contributed by atoms with Gasteiger partial charge in [-0.25, -0.2) is 0 Å². The van der Waals surface area contributed by atoms with Crippen molar-refractivity contribution in [2.24, 2.45) is 0 Å². The molecule has 1 rings (SSSR count). The summed E-state index contributed by atoms with van der Waals surface area (Å²) in [7, 11) is 3.97. The fourth-order valence-electron chi connectivity index (χ4n) is 1.02. The van der Waals surface area contributed by atoms with Crippen molar-refractivity contribution in [3.05, 3.63) is 29.8 Å². The van der Waals surface area contributed by atoms with Crippen molar-refractivity contribution in [2.45, 2.75) is 0 Å². The van der Waals surface area contributed by atoms with E-state index in [0.29, 0.717) is 17.9 Å². The summed E-state index contributed by atoms with van der Waals surface area (Å²) in [6.45, 7) is 1.45. The van der Waals surface area contributed by atoms with E-state index in [1.54, 1.807) is 6.07 Å². The van der Waals surface area contributed by atoms with Gasteiger partial charge in [0.05, 0.1) is 5.56 Å². The summed E-state index contributed by atoms with van der Waals surface area (Å²) in [5.74, 6) is 0.664. The smallest absolute Gasteiger partial charge is 0.137 e. The molecule has 0 aliphatic rings. The van der Waals surface area contributed by atoms with Crippen LogP contribution in [0.25, 0.3) is 0 Å². The fraction of sp³-hybridized carbons (Fsp3) is 0.364. The van der Waals surface area contributed by atoms with Crippen molar-refractivity contribution < 1.29 is 4.74 Å². The van der Waals surface area contributed by atoms with E-state index in [4.69, 9.17) is 10.00 Å². The van der Waals surface area contributed by atoms with E-state index in [2.05, 4.69) is 6.07 Å². The standard InChI is InChI=1S/C11H14N2O/c1-13(2)7-8-14-11-6-4-3-5-10(11)9-12/h3-6H,7-8H2,1-2H3. The third-order valence-corrected chi connectivity index (χ3v) is 1.80. The van der Waals surface area contributed by atoms with Crippen LogP contribution in [0.1, 0.15) is 5.56 Å². The Bertz CT molecular complexity index is 328. The van der Waals surface area contributed by atoms with Gasteiger partial charge in [0.2, 0.25) is 0 Å². The molecule has 0 saturated carbocycles. The number of likely N-dealkylation sites (N-methyl/N-ethyl adjacent to an activating group) is 1. The van der Waals surface area contributed by atoms with E-state index in [0.717, 1.165) is 6.54 Å². The van der Waals surface area contributed by atoms with Crippen LogP contribution in [-0.2, 0) is 0 Å². The van der Waals surface area contributed by atoms with Crippen molar-refractivity contribution in [1.82, 2.24) is 4.90 Å². The average Bonchev–Trinajstić information content (AvgIpc) is 2.18. The molecule has 0 aliphatic heterocycles. The monoisotopic (exact) mass is 190 g/mol. The predicted molar refractivity (Wildman–Crippen MR) is 55.2 cm³/mol. The van der Waals surface area contributed by atoms with Crippen molar-refractivity contribution in [3.8, 4) is 11.8 Å². The molecule has 0 amide bonds. The molecule has 3 nitrogen and oxygen atoms in total. The molecule has 3 heteroatoms. The van der Waals surface area contributed by atoms with E-state index in [1.165, 1.54) is 0 Å². The number of rotatable bonds is 4. The number of para-hydroxylation sites is 1. The first-order valence-electron chi connectivity index (χ1n) is 4.50. The van der Waals surface area contributed by atoms with E-state index in [-0.39, 0.29) is 0 Å². The van der Waals surface area contributed by atoms with Crippen molar-refractivity contribution in [3.63, 3.8) is 0 Å². The van der Waals surface area contributed by atoms with Gasteiger partial charge in [0, 0.05) is 6.54 Å². The van der Waals surface area contributed by atoms with E-state index < -0.39 is 0 Å². The topological polar surface area (TPSA) is 36.3 Å². The lowest BCUT2D eigenvalue weighted by Crippen LogP contribution is -2.19. The Labute approximate surface area is 84.5 Å². The molecule has 0 aliphatic carbocycles. The van der Waals surface area contributed by atoms with E-state index >= 15 is 0 Å². The van der Waals surface area contributed by atoms with Crippen molar-refractivity contribution in [1.29, 1.82) is 5.26 Å². The summed E-state index contributed by atoms with van der Waals surface area (Å²) in [4.78, 5) is 2.04. The SMILES string of the molecule is CN(C)CCOc1ccccc1C#N. The number of ether oxygens (including phenoxy) is 1. The highest BCUT2D eigenvalue weighted by molar-refractivity contribution is 5.42. The summed E-state index contributed by atoms with van der Waals surface area (Å²) >= 11 is 0. The molecule has 0 radical (unpaired) electrons. The van der Waals surface area contributed by atoms with Crippen LogP contribution in [0.2, 0.25) is 0 Å². The average molecular weight is 190 g/mol. The van der Waals surface area contributed by atoms with Crippen molar-refractivity contribution >= 4 is 0 Å². The second-order valence-corrected chi connectivity index (χ2v) is 3.26. The minimum Gasteiger partial charge on any atom is -0.491 e. The lowest BCUT2D eigenvalue weighted by atomic mass is 10.2. The minimum absolute atomic E-state index is 0.589. The largest absolute Gasteiger partial charge is 0.491 e. The second kappa shape index (κ2) is 5.25. The Kier molecular flexibility index (Phi) is 3.96. The van der Waals surface area contributed by atoms with Gasteiger partial charge in [-0.3, -0.25) is 0 Å². The van der Waals surface area contributed by atoms with Crippen LogP contribution >= 0.6 is 0 Å². The van der Waals surface area contributed by atoms with Gasteiger partial charge in [0.1, 0.15) is 18.4 Å². The maximum atomic E-state index is 8.79.